The third-order valence-electron chi connectivity index (χ3n) is 3.36. The number of benzene rings is 1. The largest absolute Gasteiger partial charge is 0.467 e. The zero-order valence-corrected chi connectivity index (χ0v) is 11.3. The number of hydrogen-bond acceptors (Lipinski definition) is 3. The first-order chi connectivity index (χ1) is 9.08. The van der Waals surface area contributed by atoms with Crippen LogP contribution in [0.4, 0.5) is 0 Å². The Morgan fingerprint density at radius 1 is 1.37 bits per heavy atom. The molecule has 0 spiro atoms. The third-order valence-corrected chi connectivity index (χ3v) is 3.36. The van der Waals surface area contributed by atoms with Gasteiger partial charge in [0.15, 0.2) is 5.43 Å². The number of carbonyl (C=O) groups excluding carboxylic acids is 1. The van der Waals surface area contributed by atoms with Gasteiger partial charge in [-0.15, -0.1) is 0 Å². The van der Waals surface area contributed by atoms with Crippen molar-refractivity contribution in [3.63, 3.8) is 0 Å². The second-order valence-corrected chi connectivity index (χ2v) is 4.49. The summed E-state index contributed by atoms with van der Waals surface area (Å²) in [6.07, 6.45) is 2.51. The number of ether oxygens (including phenoxy) is 1. The lowest BCUT2D eigenvalue weighted by atomic mass is 10.1. The summed E-state index contributed by atoms with van der Waals surface area (Å²) in [5, 5.41) is 0.637. The highest BCUT2D eigenvalue weighted by molar-refractivity contribution is 5.82. The Hall–Kier alpha value is -2.10. The van der Waals surface area contributed by atoms with Crippen LogP contribution in [0.2, 0.25) is 0 Å². The second kappa shape index (κ2) is 5.26. The molecule has 1 unspecified atom stereocenters. The van der Waals surface area contributed by atoms with Crippen molar-refractivity contribution in [1.29, 1.82) is 0 Å². The summed E-state index contributed by atoms with van der Waals surface area (Å²) < 4.78 is 6.52. The molecule has 0 aliphatic rings. The van der Waals surface area contributed by atoms with Crippen molar-refractivity contribution in [1.82, 2.24) is 4.57 Å². The van der Waals surface area contributed by atoms with Gasteiger partial charge in [-0.25, -0.2) is 4.79 Å². The molecule has 1 aromatic heterocycles. The number of carbonyl (C=O) groups is 1. The first-order valence-electron chi connectivity index (χ1n) is 6.30. The molecule has 0 bridgehead atoms. The summed E-state index contributed by atoms with van der Waals surface area (Å²) in [5.74, 6) is -0.329. The van der Waals surface area contributed by atoms with Crippen molar-refractivity contribution in [2.45, 2.75) is 26.3 Å². The standard InChI is InChI=1S/C15H17NO3/c1-4-11-5-6-13-12(9-11)14(17)7-8-16(13)10(2)15(18)19-3/h5-10H,4H2,1-3H3. The van der Waals surface area contributed by atoms with E-state index in [1.54, 1.807) is 17.7 Å². The molecule has 19 heavy (non-hydrogen) atoms. The fourth-order valence-electron chi connectivity index (χ4n) is 2.17. The highest BCUT2D eigenvalue weighted by atomic mass is 16.5. The zero-order valence-electron chi connectivity index (χ0n) is 11.3. The normalized spacial score (nSPS) is 12.4. The van der Waals surface area contributed by atoms with Crippen LogP contribution in [0, 0.1) is 0 Å². The van der Waals surface area contributed by atoms with Crippen LogP contribution in [0.5, 0.6) is 0 Å². The van der Waals surface area contributed by atoms with Gasteiger partial charge in [0.2, 0.25) is 0 Å². The summed E-state index contributed by atoms with van der Waals surface area (Å²) in [6.45, 7) is 3.79. The summed E-state index contributed by atoms with van der Waals surface area (Å²) in [7, 11) is 1.36. The van der Waals surface area contributed by atoms with Crippen molar-refractivity contribution >= 4 is 16.9 Å². The van der Waals surface area contributed by atoms with Crippen molar-refractivity contribution < 1.29 is 9.53 Å². The molecule has 0 saturated heterocycles. The van der Waals surface area contributed by atoms with Gasteiger partial charge in [0.1, 0.15) is 6.04 Å². The Morgan fingerprint density at radius 2 is 2.11 bits per heavy atom. The van der Waals surface area contributed by atoms with E-state index in [4.69, 9.17) is 4.74 Å². The van der Waals surface area contributed by atoms with Crippen LogP contribution in [-0.4, -0.2) is 17.6 Å². The second-order valence-electron chi connectivity index (χ2n) is 4.49. The van der Waals surface area contributed by atoms with Gasteiger partial charge >= 0.3 is 5.97 Å². The fraction of sp³-hybridized carbons (Fsp3) is 0.333. The van der Waals surface area contributed by atoms with Crippen LogP contribution in [0.3, 0.4) is 0 Å². The highest BCUT2D eigenvalue weighted by Gasteiger charge is 2.16. The highest BCUT2D eigenvalue weighted by Crippen LogP contribution is 2.18. The first-order valence-corrected chi connectivity index (χ1v) is 6.30. The maximum Gasteiger partial charge on any atom is 0.328 e. The fourth-order valence-corrected chi connectivity index (χ4v) is 2.17. The van der Waals surface area contributed by atoms with Gasteiger partial charge in [0.25, 0.3) is 0 Å². The number of hydrogen-bond donors (Lipinski definition) is 0. The van der Waals surface area contributed by atoms with Gasteiger partial charge in [-0.05, 0) is 31.0 Å². The van der Waals surface area contributed by atoms with Crippen molar-refractivity contribution in [2.75, 3.05) is 7.11 Å². The quantitative estimate of drug-likeness (QED) is 0.795. The molecule has 0 radical (unpaired) electrons. The van der Waals surface area contributed by atoms with E-state index in [0.29, 0.717) is 5.39 Å². The molecule has 2 aromatic rings. The summed E-state index contributed by atoms with van der Waals surface area (Å²) in [4.78, 5) is 23.6. The number of methoxy groups -OCH3 is 1. The summed E-state index contributed by atoms with van der Waals surface area (Å²) in [6, 6.07) is 6.77. The molecule has 2 rings (SSSR count). The van der Waals surface area contributed by atoms with E-state index in [1.165, 1.54) is 13.2 Å². The summed E-state index contributed by atoms with van der Waals surface area (Å²) in [5.41, 5.74) is 1.83. The molecule has 1 atom stereocenters. The van der Waals surface area contributed by atoms with E-state index in [0.717, 1.165) is 17.5 Å². The topological polar surface area (TPSA) is 48.3 Å². The number of fused-ring (bicyclic) bond motifs is 1. The van der Waals surface area contributed by atoms with Gasteiger partial charge in [0.05, 0.1) is 12.6 Å². The van der Waals surface area contributed by atoms with Crippen LogP contribution >= 0.6 is 0 Å². The number of nitrogens with zero attached hydrogens (tertiary/aromatic N) is 1. The Kier molecular flexibility index (Phi) is 3.69. The monoisotopic (exact) mass is 259 g/mol. The maximum atomic E-state index is 11.9. The Morgan fingerprint density at radius 3 is 2.74 bits per heavy atom. The molecule has 4 heteroatoms. The molecular weight excluding hydrogens is 242 g/mol. The number of rotatable bonds is 3. The molecule has 1 aromatic carbocycles. The van der Waals surface area contributed by atoms with Gasteiger partial charge in [-0.1, -0.05) is 13.0 Å². The minimum absolute atomic E-state index is 0.0291. The number of aryl methyl sites for hydroxylation is 1. The molecular formula is C15H17NO3. The lowest BCUT2D eigenvalue weighted by Gasteiger charge is -2.16. The van der Waals surface area contributed by atoms with Crippen molar-refractivity contribution in [2.24, 2.45) is 0 Å². The van der Waals surface area contributed by atoms with Crippen LogP contribution in [0.15, 0.2) is 35.3 Å². The molecule has 0 aliphatic carbocycles. The van der Waals surface area contributed by atoms with Gasteiger partial charge < -0.3 is 9.30 Å². The third kappa shape index (κ3) is 2.38. The van der Waals surface area contributed by atoms with Gasteiger partial charge in [0, 0.05) is 17.6 Å². The minimum atomic E-state index is -0.458. The lowest BCUT2D eigenvalue weighted by molar-refractivity contribution is -0.143. The average Bonchev–Trinajstić information content (AvgIpc) is 2.46. The van der Waals surface area contributed by atoms with Gasteiger partial charge in [-0.2, -0.15) is 0 Å². The molecule has 0 N–H and O–H groups in total. The Bertz CT molecular complexity index is 673. The van der Waals surface area contributed by atoms with Crippen molar-refractivity contribution in [3.05, 3.63) is 46.2 Å². The smallest absolute Gasteiger partial charge is 0.328 e. The SMILES string of the molecule is CCc1ccc2c(c1)c(=O)ccn2C(C)C(=O)OC. The number of esters is 1. The van der Waals surface area contributed by atoms with E-state index in [9.17, 15) is 9.59 Å². The zero-order chi connectivity index (χ0) is 14.0. The Balaban J connectivity index is 2.67. The van der Waals surface area contributed by atoms with Gasteiger partial charge in [-0.3, -0.25) is 4.79 Å². The number of aromatic nitrogens is 1. The van der Waals surface area contributed by atoms with Crippen LogP contribution in [0.25, 0.3) is 10.9 Å². The van der Waals surface area contributed by atoms with E-state index < -0.39 is 6.04 Å². The molecule has 0 saturated carbocycles. The lowest BCUT2D eigenvalue weighted by Crippen LogP contribution is -2.20. The average molecular weight is 259 g/mol. The van der Waals surface area contributed by atoms with E-state index in [2.05, 4.69) is 0 Å². The molecule has 100 valence electrons. The van der Waals surface area contributed by atoms with E-state index in [-0.39, 0.29) is 11.4 Å². The molecule has 0 amide bonds. The van der Waals surface area contributed by atoms with Crippen LogP contribution in [-0.2, 0) is 16.0 Å². The molecule has 0 fully saturated rings. The number of pyridine rings is 1. The van der Waals surface area contributed by atoms with Crippen LogP contribution in [0.1, 0.15) is 25.5 Å². The summed E-state index contributed by atoms with van der Waals surface area (Å²) >= 11 is 0. The Labute approximate surface area is 111 Å². The molecule has 1 heterocycles. The minimum Gasteiger partial charge on any atom is -0.467 e. The predicted octanol–water partition coefficient (Wildman–Crippen LogP) is 2.30. The molecule has 0 aliphatic heterocycles. The maximum absolute atomic E-state index is 11.9. The van der Waals surface area contributed by atoms with E-state index >= 15 is 0 Å². The van der Waals surface area contributed by atoms with Crippen molar-refractivity contribution in [3.8, 4) is 0 Å². The molecule has 4 nitrogen and oxygen atoms in total. The van der Waals surface area contributed by atoms with Crippen LogP contribution < -0.4 is 5.43 Å². The van der Waals surface area contributed by atoms with E-state index in [1.807, 2.05) is 25.1 Å². The first kappa shape index (κ1) is 13.3. The predicted molar refractivity (Wildman–Crippen MR) is 74.3 cm³/mol.